The second-order valence-electron chi connectivity index (χ2n) is 5.63. The van der Waals surface area contributed by atoms with E-state index in [0.717, 1.165) is 30.6 Å². The van der Waals surface area contributed by atoms with Crippen molar-refractivity contribution >= 4 is 5.69 Å². The number of aliphatic hydroxyl groups excluding tert-OH is 1. The number of rotatable bonds is 4. The molecule has 0 spiro atoms. The van der Waals surface area contributed by atoms with Crippen LogP contribution in [0.25, 0.3) is 0 Å². The van der Waals surface area contributed by atoms with Crippen LogP contribution >= 0.6 is 0 Å². The van der Waals surface area contributed by atoms with E-state index in [1.165, 1.54) is 18.9 Å². The Hall–Kier alpha value is -1.13. The third-order valence-corrected chi connectivity index (χ3v) is 3.98. The lowest BCUT2D eigenvalue weighted by molar-refractivity contribution is 0.154. The first-order chi connectivity index (χ1) is 9.24. The van der Waals surface area contributed by atoms with E-state index in [2.05, 4.69) is 10.2 Å². The van der Waals surface area contributed by atoms with E-state index in [9.17, 15) is 9.50 Å². The molecular weight excluding hydrogens is 243 g/mol. The van der Waals surface area contributed by atoms with Gasteiger partial charge < -0.3 is 15.3 Å². The molecule has 2 aliphatic rings. The minimum Gasteiger partial charge on any atom is -0.391 e. The summed E-state index contributed by atoms with van der Waals surface area (Å²) in [7, 11) is 0. The van der Waals surface area contributed by atoms with Crippen LogP contribution in [0.5, 0.6) is 0 Å². The van der Waals surface area contributed by atoms with Crippen LogP contribution in [-0.4, -0.2) is 30.3 Å². The van der Waals surface area contributed by atoms with Gasteiger partial charge in [0.2, 0.25) is 0 Å². The van der Waals surface area contributed by atoms with Gasteiger partial charge in [0.25, 0.3) is 0 Å². The van der Waals surface area contributed by atoms with Crippen molar-refractivity contribution in [2.75, 3.05) is 18.0 Å². The quantitative estimate of drug-likeness (QED) is 0.873. The molecule has 0 radical (unpaired) electrons. The zero-order chi connectivity index (χ0) is 13.2. The zero-order valence-corrected chi connectivity index (χ0v) is 11.1. The van der Waals surface area contributed by atoms with E-state index < -0.39 is 0 Å². The number of nitrogens with zero attached hydrogens (tertiary/aromatic N) is 1. The predicted octanol–water partition coefficient (Wildman–Crippen LogP) is 2.04. The van der Waals surface area contributed by atoms with Crippen molar-refractivity contribution in [2.45, 2.75) is 44.4 Å². The highest BCUT2D eigenvalue weighted by Gasteiger charge is 2.24. The Balaban J connectivity index is 1.79. The van der Waals surface area contributed by atoms with Crippen LogP contribution in [0, 0.1) is 5.82 Å². The van der Waals surface area contributed by atoms with Gasteiger partial charge in [-0.3, -0.25) is 0 Å². The van der Waals surface area contributed by atoms with Crippen molar-refractivity contribution in [2.24, 2.45) is 0 Å². The fourth-order valence-electron chi connectivity index (χ4n) is 2.73. The summed E-state index contributed by atoms with van der Waals surface area (Å²) in [5, 5.41) is 13.2. The maximum Gasteiger partial charge on any atom is 0.129 e. The summed E-state index contributed by atoms with van der Waals surface area (Å²) in [6.45, 7) is 2.09. The molecule has 1 aliphatic heterocycles. The molecule has 0 aromatic heterocycles. The number of piperidine rings is 1. The molecule has 1 aromatic rings. The van der Waals surface area contributed by atoms with Gasteiger partial charge in [-0.1, -0.05) is 6.07 Å². The highest BCUT2D eigenvalue weighted by atomic mass is 19.1. The normalized spacial score (nSPS) is 23.7. The van der Waals surface area contributed by atoms with Crippen molar-refractivity contribution in [3.05, 3.63) is 29.6 Å². The number of anilines is 1. The smallest absolute Gasteiger partial charge is 0.129 e. The molecule has 1 aromatic carbocycles. The van der Waals surface area contributed by atoms with Crippen molar-refractivity contribution in [3.63, 3.8) is 0 Å². The van der Waals surface area contributed by atoms with Gasteiger partial charge in [-0.15, -0.1) is 0 Å². The van der Waals surface area contributed by atoms with Crippen molar-refractivity contribution in [3.8, 4) is 0 Å². The van der Waals surface area contributed by atoms with Gasteiger partial charge in [-0.2, -0.15) is 0 Å². The van der Waals surface area contributed by atoms with E-state index in [4.69, 9.17) is 0 Å². The summed E-state index contributed by atoms with van der Waals surface area (Å²) >= 11 is 0. The molecule has 4 heteroatoms. The molecule has 3 rings (SSSR count). The molecule has 2 fully saturated rings. The molecule has 1 aliphatic carbocycles. The summed E-state index contributed by atoms with van der Waals surface area (Å²) in [5.74, 6) is -0.147. The van der Waals surface area contributed by atoms with Gasteiger partial charge in [0, 0.05) is 36.9 Å². The first-order valence-corrected chi connectivity index (χ1v) is 7.18. The van der Waals surface area contributed by atoms with Crippen LogP contribution in [0.1, 0.15) is 31.2 Å². The number of hydrogen-bond acceptors (Lipinski definition) is 3. The van der Waals surface area contributed by atoms with Gasteiger partial charge in [-0.05, 0) is 37.8 Å². The van der Waals surface area contributed by atoms with Crippen LogP contribution in [0.3, 0.4) is 0 Å². The topological polar surface area (TPSA) is 35.5 Å². The first-order valence-electron chi connectivity index (χ1n) is 7.18. The summed E-state index contributed by atoms with van der Waals surface area (Å²) < 4.78 is 14.0. The Kier molecular flexibility index (Phi) is 3.71. The Morgan fingerprint density at radius 1 is 1.32 bits per heavy atom. The third kappa shape index (κ3) is 3.07. The average Bonchev–Trinajstić information content (AvgIpc) is 3.21. The minimum atomic E-state index is -0.291. The predicted molar refractivity (Wildman–Crippen MR) is 73.7 cm³/mol. The number of hydrogen-bond donors (Lipinski definition) is 2. The second kappa shape index (κ2) is 5.47. The third-order valence-electron chi connectivity index (χ3n) is 3.98. The molecule has 2 N–H and O–H groups in total. The summed E-state index contributed by atoms with van der Waals surface area (Å²) in [6.07, 6.45) is 3.92. The molecule has 0 bridgehead atoms. The highest BCUT2D eigenvalue weighted by molar-refractivity contribution is 5.54. The standard InChI is InChI=1S/C15H21FN2O/c16-14-4-1-5-15(13(14)9-17-11-6-7-11)18-8-2-3-12(19)10-18/h1,4-5,11-12,17,19H,2-3,6-10H2. The summed E-state index contributed by atoms with van der Waals surface area (Å²) in [4.78, 5) is 2.11. The summed E-state index contributed by atoms with van der Waals surface area (Å²) in [6, 6.07) is 5.81. The zero-order valence-electron chi connectivity index (χ0n) is 11.1. The number of β-amino-alcohol motifs (C(OH)–C–C–N with tert-alkyl or cyclic N) is 1. The molecule has 3 nitrogen and oxygen atoms in total. The Morgan fingerprint density at radius 2 is 2.16 bits per heavy atom. The lowest BCUT2D eigenvalue weighted by atomic mass is 10.0. The van der Waals surface area contributed by atoms with Gasteiger partial charge in [0.05, 0.1) is 6.10 Å². The van der Waals surface area contributed by atoms with Gasteiger partial charge in [0.1, 0.15) is 5.82 Å². The second-order valence-corrected chi connectivity index (χ2v) is 5.63. The number of halogens is 1. The van der Waals surface area contributed by atoms with Gasteiger partial charge in [-0.25, -0.2) is 4.39 Å². The van der Waals surface area contributed by atoms with E-state index in [1.54, 1.807) is 6.07 Å². The molecular formula is C15H21FN2O. The fourth-order valence-corrected chi connectivity index (χ4v) is 2.73. The fraction of sp³-hybridized carbons (Fsp3) is 0.600. The minimum absolute atomic E-state index is 0.147. The average molecular weight is 264 g/mol. The Labute approximate surface area is 113 Å². The van der Waals surface area contributed by atoms with Crippen LogP contribution in [0.15, 0.2) is 18.2 Å². The lowest BCUT2D eigenvalue weighted by Gasteiger charge is -2.33. The van der Waals surface area contributed by atoms with Crippen molar-refractivity contribution in [1.82, 2.24) is 5.32 Å². The summed E-state index contributed by atoms with van der Waals surface area (Å²) in [5.41, 5.74) is 1.68. The van der Waals surface area contributed by atoms with E-state index in [1.807, 2.05) is 6.07 Å². The molecule has 1 atom stereocenters. The monoisotopic (exact) mass is 264 g/mol. The molecule has 1 saturated carbocycles. The van der Waals surface area contributed by atoms with E-state index in [0.29, 0.717) is 19.1 Å². The van der Waals surface area contributed by atoms with E-state index >= 15 is 0 Å². The van der Waals surface area contributed by atoms with Crippen molar-refractivity contribution < 1.29 is 9.50 Å². The van der Waals surface area contributed by atoms with E-state index in [-0.39, 0.29) is 11.9 Å². The Bertz CT molecular complexity index is 448. The molecule has 19 heavy (non-hydrogen) atoms. The first kappa shape index (κ1) is 12.9. The van der Waals surface area contributed by atoms with Gasteiger partial charge >= 0.3 is 0 Å². The molecule has 0 amide bonds. The molecule has 1 saturated heterocycles. The molecule has 104 valence electrons. The van der Waals surface area contributed by atoms with Crippen LogP contribution in [0.4, 0.5) is 10.1 Å². The SMILES string of the molecule is OC1CCCN(c2cccc(F)c2CNC2CC2)C1. The lowest BCUT2D eigenvalue weighted by Crippen LogP contribution is -2.39. The highest BCUT2D eigenvalue weighted by Crippen LogP contribution is 2.27. The van der Waals surface area contributed by atoms with Crippen molar-refractivity contribution in [1.29, 1.82) is 0 Å². The van der Waals surface area contributed by atoms with Crippen LogP contribution < -0.4 is 10.2 Å². The molecule has 1 unspecified atom stereocenters. The van der Waals surface area contributed by atoms with Crippen LogP contribution in [0.2, 0.25) is 0 Å². The largest absolute Gasteiger partial charge is 0.391 e. The maximum atomic E-state index is 14.0. The number of benzene rings is 1. The number of nitrogens with one attached hydrogen (secondary N) is 1. The molecule has 1 heterocycles. The number of aliphatic hydroxyl groups is 1. The maximum absolute atomic E-state index is 14.0. The Morgan fingerprint density at radius 3 is 2.89 bits per heavy atom. The van der Waals surface area contributed by atoms with Gasteiger partial charge in [0.15, 0.2) is 0 Å². The van der Waals surface area contributed by atoms with Crippen LogP contribution in [-0.2, 0) is 6.54 Å².